The minimum Gasteiger partial charge on any atom is -0.456 e. The molecule has 1 aliphatic rings. The van der Waals surface area contributed by atoms with Crippen LogP contribution in [0.25, 0.3) is 55.3 Å². The van der Waals surface area contributed by atoms with Crippen molar-refractivity contribution < 1.29 is 4.42 Å². The van der Waals surface area contributed by atoms with E-state index in [-0.39, 0.29) is 5.41 Å². The average Bonchev–Trinajstić information content (AvgIpc) is 3.61. The smallest absolute Gasteiger partial charge is 0.137 e. The lowest BCUT2D eigenvalue weighted by atomic mass is 9.82. The first-order valence-electron chi connectivity index (χ1n) is 16.3. The van der Waals surface area contributed by atoms with Crippen molar-refractivity contribution >= 4 is 39.0 Å². The largest absolute Gasteiger partial charge is 0.456 e. The van der Waals surface area contributed by atoms with E-state index < -0.39 is 0 Å². The van der Waals surface area contributed by atoms with E-state index in [1.54, 1.807) is 0 Å². The van der Waals surface area contributed by atoms with Gasteiger partial charge in [-0.25, -0.2) is 0 Å². The molecule has 0 N–H and O–H groups in total. The molecule has 0 amide bonds. The molecular formula is C45H33NO. The third-order valence-corrected chi connectivity index (χ3v) is 9.86. The number of hydrogen-bond donors (Lipinski definition) is 0. The van der Waals surface area contributed by atoms with Crippen LogP contribution in [-0.2, 0) is 5.41 Å². The zero-order valence-corrected chi connectivity index (χ0v) is 26.4. The molecule has 1 aliphatic carbocycles. The van der Waals surface area contributed by atoms with Gasteiger partial charge in [0.25, 0.3) is 0 Å². The first kappa shape index (κ1) is 27.5. The van der Waals surface area contributed by atoms with Crippen LogP contribution < -0.4 is 4.90 Å². The van der Waals surface area contributed by atoms with Gasteiger partial charge in [0.1, 0.15) is 11.2 Å². The molecule has 0 radical (unpaired) electrons. The fourth-order valence-electron chi connectivity index (χ4n) is 7.53. The van der Waals surface area contributed by atoms with Crippen molar-refractivity contribution in [2.45, 2.75) is 19.3 Å². The van der Waals surface area contributed by atoms with E-state index in [1.165, 1.54) is 38.9 Å². The summed E-state index contributed by atoms with van der Waals surface area (Å²) in [5, 5.41) is 2.24. The maximum absolute atomic E-state index is 6.84. The van der Waals surface area contributed by atoms with Crippen molar-refractivity contribution in [3.8, 4) is 33.4 Å². The molecular weight excluding hydrogens is 571 g/mol. The van der Waals surface area contributed by atoms with Gasteiger partial charge in [0.15, 0.2) is 0 Å². The van der Waals surface area contributed by atoms with E-state index >= 15 is 0 Å². The Morgan fingerprint density at radius 3 is 1.72 bits per heavy atom. The summed E-state index contributed by atoms with van der Waals surface area (Å²) in [7, 11) is 0. The highest BCUT2D eigenvalue weighted by atomic mass is 16.3. The van der Waals surface area contributed by atoms with Crippen molar-refractivity contribution in [3.63, 3.8) is 0 Å². The Hall–Kier alpha value is -5.86. The monoisotopic (exact) mass is 603 g/mol. The molecule has 0 fully saturated rings. The van der Waals surface area contributed by atoms with Crippen LogP contribution in [0.5, 0.6) is 0 Å². The number of hydrogen-bond acceptors (Lipinski definition) is 2. The van der Waals surface area contributed by atoms with Crippen LogP contribution in [0.15, 0.2) is 168 Å². The van der Waals surface area contributed by atoms with Gasteiger partial charge in [-0.2, -0.15) is 0 Å². The van der Waals surface area contributed by atoms with Crippen molar-refractivity contribution in [3.05, 3.63) is 175 Å². The summed E-state index contributed by atoms with van der Waals surface area (Å²) in [6.45, 7) is 4.68. The summed E-state index contributed by atoms with van der Waals surface area (Å²) in [6, 6.07) is 58.7. The Morgan fingerprint density at radius 2 is 1.02 bits per heavy atom. The summed E-state index contributed by atoms with van der Waals surface area (Å²) in [4.78, 5) is 2.44. The van der Waals surface area contributed by atoms with Gasteiger partial charge in [-0.3, -0.25) is 0 Å². The SMILES string of the molecule is CC1(C)c2ccccc2-c2c1cc1oc3cc(-c4ccccc4)ccc3c1c2N(c1ccccc1)c1ccc(-c2ccccc2)cc1. The van der Waals surface area contributed by atoms with Crippen LogP contribution in [0, 0.1) is 0 Å². The van der Waals surface area contributed by atoms with Crippen LogP contribution in [0.1, 0.15) is 25.0 Å². The molecule has 1 aromatic heterocycles. The second kappa shape index (κ2) is 10.6. The number of fused-ring (bicyclic) bond motifs is 6. The second-order valence-corrected chi connectivity index (χ2v) is 13.0. The van der Waals surface area contributed by atoms with Gasteiger partial charge in [-0.05, 0) is 81.4 Å². The van der Waals surface area contributed by atoms with Crippen molar-refractivity contribution in [2.75, 3.05) is 4.90 Å². The quantitative estimate of drug-likeness (QED) is 0.195. The van der Waals surface area contributed by atoms with Crippen LogP contribution >= 0.6 is 0 Å². The highest BCUT2D eigenvalue weighted by Crippen LogP contribution is 2.58. The molecule has 7 aromatic carbocycles. The lowest BCUT2D eigenvalue weighted by Crippen LogP contribution is -2.16. The van der Waals surface area contributed by atoms with Gasteiger partial charge >= 0.3 is 0 Å². The highest BCUT2D eigenvalue weighted by Gasteiger charge is 2.40. The molecule has 224 valence electrons. The lowest BCUT2D eigenvalue weighted by molar-refractivity contribution is 0.647. The summed E-state index contributed by atoms with van der Waals surface area (Å²) >= 11 is 0. The first-order chi connectivity index (χ1) is 23.1. The number of para-hydroxylation sites is 1. The third-order valence-electron chi connectivity index (χ3n) is 9.86. The zero-order valence-electron chi connectivity index (χ0n) is 26.4. The Kier molecular flexibility index (Phi) is 6.20. The summed E-state index contributed by atoms with van der Waals surface area (Å²) < 4.78 is 6.84. The molecule has 0 bridgehead atoms. The average molecular weight is 604 g/mol. The van der Waals surface area contributed by atoms with Crippen LogP contribution in [0.4, 0.5) is 17.1 Å². The minimum atomic E-state index is -0.192. The van der Waals surface area contributed by atoms with E-state index in [4.69, 9.17) is 4.42 Å². The number of benzene rings is 7. The van der Waals surface area contributed by atoms with E-state index in [0.717, 1.165) is 44.6 Å². The molecule has 2 nitrogen and oxygen atoms in total. The standard InChI is InChI=1S/C45H33NO/c1-45(2)38-21-13-12-20-36(38)42-39(45)29-41-43(37-27-24-33(28-40(37)47-41)31-16-8-4-9-17-31)44(42)46(34-18-10-5-11-19-34)35-25-22-32(23-26-35)30-14-6-3-7-15-30/h3-29H,1-2H3. The predicted octanol–water partition coefficient (Wildman–Crippen LogP) is 12.7. The van der Waals surface area contributed by atoms with Crippen molar-refractivity contribution in [2.24, 2.45) is 0 Å². The van der Waals surface area contributed by atoms with E-state index in [2.05, 4.69) is 183 Å². The summed E-state index contributed by atoms with van der Waals surface area (Å²) in [5.74, 6) is 0. The highest BCUT2D eigenvalue weighted by molar-refractivity contribution is 6.19. The fraction of sp³-hybridized carbons (Fsp3) is 0.0667. The molecule has 47 heavy (non-hydrogen) atoms. The number of rotatable bonds is 5. The molecule has 2 heteroatoms. The molecule has 8 aromatic rings. The lowest BCUT2D eigenvalue weighted by Gasteiger charge is -2.30. The molecule has 1 heterocycles. The topological polar surface area (TPSA) is 16.4 Å². The Labute approximate surface area is 275 Å². The van der Waals surface area contributed by atoms with Gasteiger partial charge in [0.2, 0.25) is 0 Å². The van der Waals surface area contributed by atoms with E-state index in [1.807, 2.05) is 0 Å². The fourth-order valence-corrected chi connectivity index (χ4v) is 7.53. The molecule has 0 saturated carbocycles. The van der Waals surface area contributed by atoms with Crippen molar-refractivity contribution in [1.82, 2.24) is 0 Å². The van der Waals surface area contributed by atoms with Crippen LogP contribution in [-0.4, -0.2) is 0 Å². The predicted molar refractivity (Wildman–Crippen MR) is 197 cm³/mol. The van der Waals surface area contributed by atoms with Gasteiger partial charge in [0, 0.05) is 27.7 Å². The Balaban J connectivity index is 1.37. The summed E-state index contributed by atoms with van der Waals surface area (Å²) in [5.41, 5.74) is 14.9. The van der Waals surface area contributed by atoms with E-state index in [9.17, 15) is 0 Å². The minimum absolute atomic E-state index is 0.192. The van der Waals surface area contributed by atoms with Crippen molar-refractivity contribution in [1.29, 1.82) is 0 Å². The first-order valence-corrected chi connectivity index (χ1v) is 16.3. The molecule has 9 rings (SSSR count). The second-order valence-electron chi connectivity index (χ2n) is 13.0. The maximum Gasteiger partial charge on any atom is 0.137 e. The normalized spacial score (nSPS) is 13.1. The molecule has 0 unspecified atom stereocenters. The maximum atomic E-state index is 6.84. The summed E-state index contributed by atoms with van der Waals surface area (Å²) in [6.07, 6.45) is 0. The number of anilines is 3. The van der Waals surface area contributed by atoms with Crippen LogP contribution in [0.2, 0.25) is 0 Å². The molecule has 0 atom stereocenters. The Bertz CT molecular complexity index is 2400. The number of furan rings is 1. The molecule has 0 saturated heterocycles. The Morgan fingerprint density at radius 1 is 0.468 bits per heavy atom. The van der Waals surface area contributed by atoms with Gasteiger partial charge in [-0.15, -0.1) is 0 Å². The van der Waals surface area contributed by atoms with Gasteiger partial charge < -0.3 is 9.32 Å². The number of nitrogens with zero attached hydrogens (tertiary/aromatic N) is 1. The van der Waals surface area contributed by atoms with Gasteiger partial charge in [0.05, 0.1) is 11.1 Å². The van der Waals surface area contributed by atoms with E-state index in [0.29, 0.717) is 0 Å². The molecule has 0 spiro atoms. The third kappa shape index (κ3) is 4.33. The zero-order chi connectivity index (χ0) is 31.5. The molecule has 0 aliphatic heterocycles. The van der Waals surface area contributed by atoms with Gasteiger partial charge in [-0.1, -0.05) is 135 Å². The van der Waals surface area contributed by atoms with Crippen LogP contribution in [0.3, 0.4) is 0 Å².